The average Bonchev–Trinajstić information content (AvgIpc) is 2.81. The van der Waals surface area contributed by atoms with E-state index in [1.807, 2.05) is 20.8 Å². The fourth-order valence-electron chi connectivity index (χ4n) is 2.53. The maximum Gasteiger partial charge on any atom is 0.269 e. The first-order valence-electron chi connectivity index (χ1n) is 7.37. The quantitative estimate of drug-likeness (QED) is 0.621. The van der Waals surface area contributed by atoms with E-state index in [-0.39, 0.29) is 11.7 Å². The Kier molecular flexibility index (Phi) is 5.33. The van der Waals surface area contributed by atoms with E-state index in [0.717, 1.165) is 34.7 Å². The van der Waals surface area contributed by atoms with E-state index < -0.39 is 4.92 Å². The number of methoxy groups -OCH3 is 1. The monoisotopic (exact) mass is 319 g/mol. The molecule has 0 aliphatic heterocycles. The van der Waals surface area contributed by atoms with Gasteiger partial charge in [0.15, 0.2) is 0 Å². The Hall–Kier alpha value is -2.41. The number of anilines is 1. The number of hydrogen-bond donors (Lipinski definition) is 1. The van der Waals surface area contributed by atoms with Gasteiger partial charge in [-0.05, 0) is 33.3 Å². The molecule has 1 atom stereocenters. The van der Waals surface area contributed by atoms with Crippen LogP contribution in [0.1, 0.15) is 29.5 Å². The van der Waals surface area contributed by atoms with Crippen molar-refractivity contribution >= 4 is 11.4 Å². The maximum absolute atomic E-state index is 10.9. The lowest BCUT2D eigenvalue weighted by Crippen LogP contribution is -2.20. The molecule has 0 radical (unpaired) electrons. The SMILES string of the molecule is COCc1cc([N+](=O)[O-])ccc1NC(C)Cc1c(C)noc1C. The number of nitrogens with zero attached hydrogens (tertiary/aromatic N) is 2. The second-order valence-corrected chi connectivity index (χ2v) is 5.58. The smallest absolute Gasteiger partial charge is 0.269 e. The predicted molar refractivity (Wildman–Crippen MR) is 86.6 cm³/mol. The van der Waals surface area contributed by atoms with Gasteiger partial charge in [-0.2, -0.15) is 0 Å². The molecule has 1 aromatic heterocycles. The second-order valence-electron chi connectivity index (χ2n) is 5.58. The van der Waals surface area contributed by atoms with Crippen molar-refractivity contribution in [2.45, 2.75) is 39.8 Å². The second kappa shape index (κ2) is 7.23. The lowest BCUT2D eigenvalue weighted by atomic mass is 10.0. The van der Waals surface area contributed by atoms with Crippen LogP contribution in [0.15, 0.2) is 22.7 Å². The number of benzene rings is 1. The number of ether oxygens (including phenoxy) is 1. The number of nitrogens with one attached hydrogen (secondary N) is 1. The van der Waals surface area contributed by atoms with E-state index >= 15 is 0 Å². The van der Waals surface area contributed by atoms with Gasteiger partial charge >= 0.3 is 0 Å². The molecular formula is C16H21N3O4. The van der Waals surface area contributed by atoms with Crippen molar-refractivity contribution in [2.24, 2.45) is 0 Å². The molecule has 0 saturated carbocycles. The molecule has 0 fully saturated rings. The molecule has 0 aliphatic carbocycles. The topological polar surface area (TPSA) is 90.4 Å². The summed E-state index contributed by atoms with van der Waals surface area (Å²) >= 11 is 0. The number of hydrogen-bond acceptors (Lipinski definition) is 6. The summed E-state index contributed by atoms with van der Waals surface area (Å²) in [5, 5.41) is 18.2. The first-order valence-corrected chi connectivity index (χ1v) is 7.37. The van der Waals surface area contributed by atoms with Crippen LogP contribution in [0.3, 0.4) is 0 Å². The molecule has 1 heterocycles. The van der Waals surface area contributed by atoms with Crippen LogP contribution >= 0.6 is 0 Å². The van der Waals surface area contributed by atoms with Crippen LogP contribution in [0, 0.1) is 24.0 Å². The summed E-state index contributed by atoms with van der Waals surface area (Å²) in [7, 11) is 1.57. The summed E-state index contributed by atoms with van der Waals surface area (Å²) in [5.41, 5.74) is 3.61. The van der Waals surface area contributed by atoms with E-state index in [9.17, 15) is 10.1 Å². The summed E-state index contributed by atoms with van der Waals surface area (Å²) in [6, 6.07) is 4.86. The van der Waals surface area contributed by atoms with Crippen LogP contribution in [-0.4, -0.2) is 23.2 Å². The minimum absolute atomic E-state index is 0.0565. The lowest BCUT2D eigenvalue weighted by molar-refractivity contribution is -0.384. The van der Waals surface area contributed by atoms with Crippen molar-refractivity contribution in [3.63, 3.8) is 0 Å². The molecule has 124 valence electrons. The number of rotatable bonds is 7. The molecule has 7 heteroatoms. The zero-order valence-electron chi connectivity index (χ0n) is 13.8. The van der Waals surface area contributed by atoms with Gasteiger partial charge in [0.05, 0.1) is 17.2 Å². The molecule has 0 aliphatic rings. The molecule has 2 aromatic rings. The van der Waals surface area contributed by atoms with E-state index in [2.05, 4.69) is 10.5 Å². The Balaban J connectivity index is 2.16. The van der Waals surface area contributed by atoms with Crippen LogP contribution < -0.4 is 5.32 Å². The highest BCUT2D eigenvalue weighted by atomic mass is 16.6. The summed E-state index contributed by atoms with van der Waals surface area (Å²) in [6.07, 6.45) is 0.755. The van der Waals surface area contributed by atoms with E-state index in [1.165, 1.54) is 12.1 Å². The third-order valence-corrected chi connectivity index (χ3v) is 3.69. The van der Waals surface area contributed by atoms with Crippen LogP contribution in [-0.2, 0) is 17.8 Å². The molecule has 1 unspecified atom stereocenters. The highest BCUT2D eigenvalue weighted by molar-refractivity contribution is 5.56. The molecule has 23 heavy (non-hydrogen) atoms. The maximum atomic E-state index is 10.9. The first kappa shape index (κ1) is 17.0. The molecular weight excluding hydrogens is 298 g/mol. The van der Waals surface area contributed by atoms with Crippen LogP contribution in [0.2, 0.25) is 0 Å². The molecule has 0 spiro atoms. The fraction of sp³-hybridized carbons (Fsp3) is 0.438. The van der Waals surface area contributed by atoms with E-state index in [4.69, 9.17) is 9.26 Å². The van der Waals surface area contributed by atoms with Gasteiger partial charge in [-0.15, -0.1) is 0 Å². The Morgan fingerprint density at radius 1 is 1.43 bits per heavy atom. The third-order valence-electron chi connectivity index (χ3n) is 3.69. The van der Waals surface area contributed by atoms with Gasteiger partial charge in [-0.25, -0.2) is 0 Å². The van der Waals surface area contributed by atoms with Crippen molar-refractivity contribution in [2.75, 3.05) is 12.4 Å². The number of aryl methyl sites for hydroxylation is 2. The van der Waals surface area contributed by atoms with E-state index in [1.54, 1.807) is 13.2 Å². The highest BCUT2D eigenvalue weighted by Crippen LogP contribution is 2.24. The van der Waals surface area contributed by atoms with E-state index in [0.29, 0.717) is 6.61 Å². The first-order chi connectivity index (χ1) is 10.9. The van der Waals surface area contributed by atoms with Crippen molar-refractivity contribution in [3.05, 3.63) is 50.9 Å². The van der Waals surface area contributed by atoms with Crippen LogP contribution in [0.25, 0.3) is 0 Å². The predicted octanol–water partition coefficient (Wildman–Crippen LogP) is 3.39. The summed E-state index contributed by atoms with van der Waals surface area (Å²) < 4.78 is 10.3. The van der Waals surface area contributed by atoms with Gasteiger partial charge in [0, 0.05) is 42.1 Å². The fourth-order valence-corrected chi connectivity index (χ4v) is 2.53. The Morgan fingerprint density at radius 3 is 2.74 bits per heavy atom. The van der Waals surface area contributed by atoms with Gasteiger partial charge in [0.2, 0.25) is 0 Å². The summed E-state index contributed by atoms with van der Waals surface area (Å²) in [4.78, 5) is 10.5. The van der Waals surface area contributed by atoms with Crippen LogP contribution in [0.4, 0.5) is 11.4 Å². The highest BCUT2D eigenvalue weighted by Gasteiger charge is 2.16. The number of nitro benzene ring substituents is 1. The number of aromatic nitrogens is 1. The number of non-ortho nitro benzene ring substituents is 1. The zero-order chi connectivity index (χ0) is 17.0. The Morgan fingerprint density at radius 2 is 2.17 bits per heavy atom. The van der Waals surface area contributed by atoms with Crippen molar-refractivity contribution in [3.8, 4) is 0 Å². The molecule has 7 nitrogen and oxygen atoms in total. The minimum Gasteiger partial charge on any atom is -0.382 e. The molecule has 2 rings (SSSR count). The van der Waals surface area contributed by atoms with Gasteiger partial charge in [-0.3, -0.25) is 10.1 Å². The Bertz CT molecular complexity index is 677. The van der Waals surface area contributed by atoms with Gasteiger partial charge in [-0.1, -0.05) is 5.16 Å². The van der Waals surface area contributed by atoms with Crippen LogP contribution in [0.5, 0.6) is 0 Å². The molecule has 0 saturated heterocycles. The normalized spacial score (nSPS) is 12.2. The van der Waals surface area contributed by atoms with Gasteiger partial charge < -0.3 is 14.6 Å². The molecule has 1 aromatic carbocycles. The standard InChI is InChI=1S/C16H21N3O4/c1-10(7-15-11(2)18-23-12(15)3)17-16-6-5-14(19(20)21)8-13(16)9-22-4/h5-6,8,10,17H,7,9H2,1-4H3. The van der Waals surface area contributed by atoms with Gasteiger partial charge in [0.1, 0.15) is 5.76 Å². The summed E-state index contributed by atoms with van der Waals surface area (Å²) in [5.74, 6) is 0.817. The third kappa shape index (κ3) is 4.07. The van der Waals surface area contributed by atoms with Crippen molar-refractivity contribution < 1.29 is 14.2 Å². The van der Waals surface area contributed by atoms with Crippen molar-refractivity contribution in [1.82, 2.24) is 5.16 Å². The number of nitro groups is 1. The molecule has 0 bridgehead atoms. The summed E-state index contributed by atoms with van der Waals surface area (Å²) in [6.45, 7) is 6.16. The Labute approximate surface area is 134 Å². The largest absolute Gasteiger partial charge is 0.382 e. The zero-order valence-corrected chi connectivity index (χ0v) is 13.8. The molecule has 0 amide bonds. The average molecular weight is 319 g/mol. The van der Waals surface area contributed by atoms with Crippen molar-refractivity contribution in [1.29, 1.82) is 0 Å². The minimum atomic E-state index is -0.407. The lowest BCUT2D eigenvalue weighted by Gasteiger charge is -2.18. The molecule has 1 N–H and O–H groups in total. The van der Waals surface area contributed by atoms with Gasteiger partial charge in [0.25, 0.3) is 5.69 Å².